The van der Waals surface area contributed by atoms with E-state index < -0.39 is 5.97 Å². The minimum atomic E-state index is -0.988. The Kier molecular flexibility index (Phi) is 3.37. The highest BCUT2D eigenvalue weighted by atomic mass is 32.1. The number of carbonyl (C=O) groups is 1. The summed E-state index contributed by atoms with van der Waals surface area (Å²) < 4.78 is 0. The minimum absolute atomic E-state index is 0.181. The Morgan fingerprint density at radius 2 is 2.30 bits per heavy atom. The Labute approximate surface area is 141 Å². The molecule has 0 atom stereocenters. The van der Waals surface area contributed by atoms with Crippen LogP contribution in [0.15, 0.2) is 17.5 Å². The summed E-state index contributed by atoms with van der Waals surface area (Å²) in [7, 11) is 2.09. The highest BCUT2D eigenvalue weighted by molar-refractivity contribution is 7.21. The van der Waals surface area contributed by atoms with E-state index in [-0.39, 0.29) is 4.88 Å². The third kappa shape index (κ3) is 2.23. The Bertz CT molecular complexity index is 915. The fourth-order valence-electron chi connectivity index (χ4n) is 3.11. The predicted molar refractivity (Wildman–Crippen MR) is 94.3 cm³/mol. The van der Waals surface area contributed by atoms with E-state index in [2.05, 4.69) is 18.0 Å². The molecular formula is C16H15N3O2S2. The molecule has 1 aliphatic rings. The number of carboxylic acids is 1. The third-order valence-corrected chi connectivity index (χ3v) is 6.16. The standard InChI is InChI=1S/C16H15N3O2S2/c1-19-5-4-9-8(7-19)11(10-3-2-6-22-10)12-13(17)14(16(20)21)23-15(12)18-9/h2-3,6H,4-5,7,17H2,1H3,(H,20,21). The van der Waals surface area contributed by atoms with Crippen molar-refractivity contribution in [2.75, 3.05) is 19.3 Å². The van der Waals surface area contributed by atoms with Gasteiger partial charge in [0.1, 0.15) is 9.71 Å². The number of rotatable bonds is 2. The van der Waals surface area contributed by atoms with E-state index in [4.69, 9.17) is 10.7 Å². The van der Waals surface area contributed by atoms with Gasteiger partial charge in [-0.3, -0.25) is 0 Å². The number of anilines is 1. The molecule has 4 heterocycles. The first-order valence-corrected chi connectivity index (χ1v) is 8.95. The number of likely N-dealkylation sites (N-methyl/N-ethyl adjacent to an activating group) is 1. The van der Waals surface area contributed by atoms with E-state index in [1.54, 1.807) is 11.3 Å². The van der Waals surface area contributed by atoms with E-state index >= 15 is 0 Å². The normalized spacial score (nSPS) is 15.0. The maximum Gasteiger partial charge on any atom is 0.348 e. The fraction of sp³-hybridized carbons (Fsp3) is 0.250. The van der Waals surface area contributed by atoms with Crippen LogP contribution in [0.2, 0.25) is 0 Å². The van der Waals surface area contributed by atoms with Gasteiger partial charge in [0.05, 0.1) is 5.69 Å². The molecule has 0 radical (unpaired) electrons. The zero-order valence-electron chi connectivity index (χ0n) is 12.5. The second-order valence-corrected chi connectivity index (χ2v) is 7.65. The van der Waals surface area contributed by atoms with Crippen molar-refractivity contribution in [1.29, 1.82) is 0 Å². The molecule has 0 unspecified atom stereocenters. The molecule has 4 rings (SSSR count). The molecule has 3 N–H and O–H groups in total. The van der Waals surface area contributed by atoms with Gasteiger partial charge in [0.2, 0.25) is 0 Å². The topological polar surface area (TPSA) is 79.5 Å². The lowest BCUT2D eigenvalue weighted by atomic mass is 9.96. The molecule has 0 amide bonds. The molecule has 23 heavy (non-hydrogen) atoms. The van der Waals surface area contributed by atoms with Gasteiger partial charge in [-0.25, -0.2) is 9.78 Å². The largest absolute Gasteiger partial charge is 0.477 e. The van der Waals surface area contributed by atoms with Crippen molar-refractivity contribution in [1.82, 2.24) is 9.88 Å². The number of carboxylic acid groups (broad SMARTS) is 1. The van der Waals surface area contributed by atoms with Crippen LogP contribution in [-0.4, -0.2) is 34.6 Å². The zero-order chi connectivity index (χ0) is 16.1. The lowest BCUT2D eigenvalue weighted by molar-refractivity contribution is 0.0703. The van der Waals surface area contributed by atoms with E-state index in [9.17, 15) is 9.90 Å². The van der Waals surface area contributed by atoms with Crippen molar-refractivity contribution in [3.05, 3.63) is 33.6 Å². The van der Waals surface area contributed by atoms with Gasteiger partial charge in [0, 0.05) is 41.0 Å². The molecule has 118 valence electrons. The summed E-state index contributed by atoms with van der Waals surface area (Å²) >= 11 is 2.82. The number of hydrogen-bond acceptors (Lipinski definition) is 6. The maximum absolute atomic E-state index is 11.5. The summed E-state index contributed by atoms with van der Waals surface area (Å²) in [6.07, 6.45) is 0.875. The summed E-state index contributed by atoms with van der Waals surface area (Å²) in [5, 5.41) is 12.2. The van der Waals surface area contributed by atoms with Gasteiger partial charge in [-0.05, 0) is 24.1 Å². The van der Waals surface area contributed by atoms with Crippen LogP contribution in [0.25, 0.3) is 20.7 Å². The summed E-state index contributed by atoms with van der Waals surface area (Å²) in [6.45, 7) is 1.77. The van der Waals surface area contributed by atoms with Gasteiger partial charge in [0.25, 0.3) is 0 Å². The van der Waals surface area contributed by atoms with Crippen LogP contribution >= 0.6 is 22.7 Å². The fourth-order valence-corrected chi connectivity index (χ4v) is 4.88. The molecule has 1 aliphatic heterocycles. The molecule has 3 aromatic heterocycles. The van der Waals surface area contributed by atoms with E-state index in [0.717, 1.165) is 45.9 Å². The van der Waals surface area contributed by atoms with Crippen LogP contribution in [0, 0.1) is 0 Å². The average molecular weight is 345 g/mol. The number of hydrogen-bond donors (Lipinski definition) is 2. The number of pyridine rings is 1. The van der Waals surface area contributed by atoms with E-state index in [1.165, 1.54) is 16.9 Å². The molecule has 0 aliphatic carbocycles. The minimum Gasteiger partial charge on any atom is -0.477 e. The number of nitrogens with zero attached hydrogens (tertiary/aromatic N) is 2. The van der Waals surface area contributed by atoms with Crippen molar-refractivity contribution < 1.29 is 9.90 Å². The monoisotopic (exact) mass is 345 g/mol. The highest BCUT2D eigenvalue weighted by Gasteiger charge is 2.27. The number of fused-ring (bicyclic) bond motifs is 2. The van der Waals surface area contributed by atoms with Gasteiger partial charge < -0.3 is 15.7 Å². The van der Waals surface area contributed by atoms with Crippen molar-refractivity contribution in [3.63, 3.8) is 0 Å². The molecule has 0 fully saturated rings. The van der Waals surface area contributed by atoms with Gasteiger partial charge in [-0.15, -0.1) is 22.7 Å². The number of nitrogen functional groups attached to an aromatic ring is 1. The smallest absolute Gasteiger partial charge is 0.348 e. The first-order chi connectivity index (χ1) is 11.1. The van der Waals surface area contributed by atoms with Crippen molar-refractivity contribution >= 4 is 44.5 Å². The Balaban J connectivity index is 2.12. The first-order valence-electron chi connectivity index (χ1n) is 7.25. The van der Waals surface area contributed by atoms with Crippen LogP contribution in [0.1, 0.15) is 20.9 Å². The van der Waals surface area contributed by atoms with Gasteiger partial charge >= 0.3 is 5.97 Å². The van der Waals surface area contributed by atoms with Crippen LogP contribution < -0.4 is 5.73 Å². The number of nitrogens with two attached hydrogens (primary N) is 1. The van der Waals surface area contributed by atoms with Crippen molar-refractivity contribution in [2.24, 2.45) is 0 Å². The van der Waals surface area contributed by atoms with Crippen LogP contribution in [-0.2, 0) is 13.0 Å². The molecular weight excluding hydrogens is 330 g/mol. The van der Waals surface area contributed by atoms with Crippen molar-refractivity contribution in [2.45, 2.75) is 13.0 Å². The number of thiophene rings is 2. The lowest BCUT2D eigenvalue weighted by Crippen LogP contribution is -2.27. The zero-order valence-corrected chi connectivity index (χ0v) is 14.1. The Morgan fingerprint density at radius 1 is 1.48 bits per heavy atom. The second kappa shape index (κ2) is 5.30. The molecule has 7 heteroatoms. The van der Waals surface area contributed by atoms with Crippen LogP contribution in [0.4, 0.5) is 5.69 Å². The Morgan fingerprint density at radius 3 is 3.00 bits per heavy atom. The number of aromatic nitrogens is 1. The molecule has 0 spiro atoms. The Hall–Kier alpha value is -1.96. The van der Waals surface area contributed by atoms with Crippen LogP contribution in [0.3, 0.4) is 0 Å². The first kappa shape index (κ1) is 14.6. The number of aromatic carboxylic acids is 1. The quantitative estimate of drug-likeness (QED) is 0.745. The SMILES string of the molecule is CN1CCc2nc3sc(C(=O)O)c(N)c3c(-c3cccs3)c2C1. The summed E-state index contributed by atoms with van der Waals surface area (Å²) in [5.74, 6) is -0.988. The average Bonchev–Trinajstić information content (AvgIpc) is 3.14. The lowest BCUT2D eigenvalue weighted by Gasteiger charge is -2.26. The van der Waals surface area contributed by atoms with Gasteiger partial charge in [-0.1, -0.05) is 6.07 Å². The molecule has 0 saturated carbocycles. The molecule has 0 bridgehead atoms. The van der Waals surface area contributed by atoms with Crippen LogP contribution in [0.5, 0.6) is 0 Å². The molecule has 0 saturated heterocycles. The van der Waals surface area contributed by atoms with Gasteiger partial charge in [0.15, 0.2) is 0 Å². The summed E-state index contributed by atoms with van der Waals surface area (Å²) in [4.78, 5) is 20.5. The second-order valence-electron chi connectivity index (χ2n) is 5.71. The molecule has 3 aromatic rings. The van der Waals surface area contributed by atoms with E-state index in [0.29, 0.717) is 5.69 Å². The third-order valence-electron chi connectivity index (χ3n) is 4.18. The summed E-state index contributed by atoms with van der Waals surface area (Å²) in [5.41, 5.74) is 9.84. The highest BCUT2D eigenvalue weighted by Crippen LogP contribution is 2.44. The van der Waals surface area contributed by atoms with Gasteiger partial charge in [-0.2, -0.15) is 0 Å². The van der Waals surface area contributed by atoms with E-state index in [1.807, 2.05) is 11.4 Å². The molecule has 5 nitrogen and oxygen atoms in total. The predicted octanol–water partition coefficient (Wildman–Crippen LogP) is 3.29. The summed E-state index contributed by atoms with van der Waals surface area (Å²) in [6, 6.07) is 4.07. The maximum atomic E-state index is 11.5. The van der Waals surface area contributed by atoms with Crippen molar-refractivity contribution in [3.8, 4) is 10.4 Å². The molecule has 0 aromatic carbocycles.